The SMILES string of the molecule is CCC(=O)c1ccc(I)c(C)c1. The van der Waals surface area contributed by atoms with Gasteiger partial charge in [0.05, 0.1) is 0 Å². The first-order valence-electron chi connectivity index (χ1n) is 3.94. The molecule has 1 nitrogen and oxygen atoms in total. The van der Waals surface area contributed by atoms with Crippen LogP contribution in [-0.4, -0.2) is 5.78 Å². The van der Waals surface area contributed by atoms with Crippen LogP contribution in [0, 0.1) is 10.5 Å². The number of benzene rings is 1. The summed E-state index contributed by atoms with van der Waals surface area (Å²) in [6.07, 6.45) is 0.583. The molecule has 0 N–H and O–H groups in total. The molecule has 0 aliphatic heterocycles. The van der Waals surface area contributed by atoms with Crippen LogP contribution < -0.4 is 0 Å². The Labute approximate surface area is 86.3 Å². The third-order valence-corrected chi connectivity index (χ3v) is 3.01. The number of carbonyl (C=O) groups is 1. The molecule has 2 heteroatoms. The van der Waals surface area contributed by atoms with Crippen LogP contribution in [0.5, 0.6) is 0 Å². The molecule has 0 atom stereocenters. The predicted molar refractivity (Wildman–Crippen MR) is 58.5 cm³/mol. The molecule has 0 amide bonds. The van der Waals surface area contributed by atoms with Crippen molar-refractivity contribution in [2.24, 2.45) is 0 Å². The lowest BCUT2D eigenvalue weighted by atomic mass is 10.1. The molecule has 0 bridgehead atoms. The molecule has 0 unspecified atom stereocenters. The Kier molecular flexibility index (Phi) is 3.26. The summed E-state index contributed by atoms with van der Waals surface area (Å²) in [5.74, 6) is 0.217. The Morgan fingerprint density at radius 3 is 2.67 bits per heavy atom. The van der Waals surface area contributed by atoms with Crippen LogP contribution >= 0.6 is 22.6 Å². The summed E-state index contributed by atoms with van der Waals surface area (Å²) in [5, 5.41) is 0. The van der Waals surface area contributed by atoms with Crippen molar-refractivity contribution in [2.75, 3.05) is 0 Å². The molecule has 1 aromatic carbocycles. The summed E-state index contributed by atoms with van der Waals surface area (Å²) in [7, 11) is 0. The molecule has 64 valence electrons. The van der Waals surface area contributed by atoms with Gasteiger partial charge in [0.1, 0.15) is 0 Å². The summed E-state index contributed by atoms with van der Waals surface area (Å²) in [5.41, 5.74) is 2.00. The van der Waals surface area contributed by atoms with Crippen LogP contribution in [0.4, 0.5) is 0 Å². The molecule has 0 saturated heterocycles. The van der Waals surface area contributed by atoms with Gasteiger partial charge in [-0.25, -0.2) is 0 Å². The van der Waals surface area contributed by atoms with Crippen molar-refractivity contribution in [1.82, 2.24) is 0 Å². The molecular formula is C10H11IO. The molecule has 12 heavy (non-hydrogen) atoms. The number of hydrogen-bond donors (Lipinski definition) is 0. The van der Waals surface area contributed by atoms with Gasteiger partial charge in [0.2, 0.25) is 0 Å². The Morgan fingerprint density at radius 1 is 1.50 bits per heavy atom. The summed E-state index contributed by atoms with van der Waals surface area (Å²) in [4.78, 5) is 11.3. The van der Waals surface area contributed by atoms with Gasteiger partial charge in [0.15, 0.2) is 5.78 Å². The van der Waals surface area contributed by atoms with E-state index in [9.17, 15) is 4.79 Å². The summed E-state index contributed by atoms with van der Waals surface area (Å²) in [6, 6.07) is 5.83. The van der Waals surface area contributed by atoms with Crippen molar-refractivity contribution in [2.45, 2.75) is 20.3 Å². The van der Waals surface area contributed by atoms with Gasteiger partial charge in [-0.3, -0.25) is 4.79 Å². The number of carbonyl (C=O) groups excluding carboxylic acids is 1. The van der Waals surface area contributed by atoms with Gasteiger partial charge >= 0.3 is 0 Å². The van der Waals surface area contributed by atoms with Crippen LogP contribution in [0.2, 0.25) is 0 Å². The molecule has 0 saturated carbocycles. The Balaban J connectivity index is 3.05. The highest BCUT2D eigenvalue weighted by Crippen LogP contribution is 2.14. The van der Waals surface area contributed by atoms with E-state index in [1.165, 1.54) is 9.13 Å². The third-order valence-electron chi connectivity index (χ3n) is 1.80. The van der Waals surface area contributed by atoms with Gasteiger partial charge in [-0.15, -0.1) is 0 Å². The summed E-state index contributed by atoms with van der Waals surface area (Å²) in [6.45, 7) is 3.91. The van der Waals surface area contributed by atoms with E-state index in [1.54, 1.807) is 0 Å². The first kappa shape index (κ1) is 9.71. The van der Waals surface area contributed by atoms with E-state index < -0.39 is 0 Å². The molecule has 0 aliphatic rings. The van der Waals surface area contributed by atoms with Crippen molar-refractivity contribution in [3.05, 3.63) is 32.9 Å². The van der Waals surface area contributed by atoms with Crippen molar-refractivity contribution < 1.29 is 4.79 Å². The second kappa shape index (κ2) is 4.03. The fourth-order valence-electron chi connectivity index (χ4n) is 1.02. The molecule has 0 spiro atoms. The normalized spacial score (nSPS) is 9.92. The van der Waals surface area contributed by atoms with E-state index in [0.717, 1.165) is 5.56 Å². The van der Waals surface area contributed by atoms with E-state index in [1.807, 2.05) is 32.0 Å². The van der Waals surface area contributed by atoms with Gasteiger partial charge in [0.25, 0.3) is 0 Å². The molecule has 0 aliphatic carbocycles. The van der Waals surface area contributed by atoms with Gasteiger partial charge in [-0.05, 0) is 47.2 Å². The van der Waals surface area contributed by atoms with Crippen LogP contribution in [0.15, 0.2) is 18.2 Å². The molecule has 0 fully saturated rings. The largest absolute Gasteiger partial charge is 0.294 e. The zero-order valence-electron chi connectivity index (χ0n) is 7.23. The summed E-state index contributed by atoms with van der Waals surface area (Å²) >= 11 is 2.27. The van der Waals surface area contributed by atoms with Crippen molar-refractivity contribution in [1.29, 1.82) is 0 Å². The Bertz CT molecular complexity index is 305. The van der Waals surface area contributed by atoms with E-state index in [2.05, 4.69) is 22.6 Å². The third kappa shape index (κ3) is 2.06. The minimum atomic E-state index is 0.217. The number of Topliss-reactive ketones (excluding diaryl/α,β-unsaturated/α-hetero) is 1. The second-order valence-electron chi connectivity index (χ2n) is 2.74. The number of halogens is 1. The first-order valence-corrected chi connectivity index (χ1v) is 5.02. The first-order chi connectivity index (χ1) is 5.65. The highest BCUT2D eigenvalue weighted by Gasteiger charge is 2.03. The Hall–Kier alpha value is -0.380. The molecule has 1 aromatic rings. The number of rotatable bonds is 2. The maximum Gasteiger partial charge on any atom is 0.162 e. The lowest BCUT2D eigenvalue weighted by Gasteiger charge is -2.01. The standard InChI is InChI=1S/C10H11IO/c1-3-10(12)8-4-5-9(11)7(2)6-8/h4-6H,3H2,1-2H3. The van der Waals surface area contributed by atoms with Crippen LogP contribution in [0.25, 0.3) is 0 Å². The fourth-order valence-corrected chi connectivity index (χ4v) is 1.36. The number of hydrogen-bond acceptors (Lipinski definition) is 1. The fraction of sp³-hybridized carbons (Fsp3) is 0.300. The van der Waals surface area contributed by atoms with E-state index in [4.69, 9.17) is 0 Å². The smallest absolute Gasteiger partial charge is 0.162 e. The molecule has 0 radical (unpaired) electrons. The summed E-state index contributed by atoms with van der Waals surface area (Å²) < 4.78 is 1.21. The van der Waals surface area contributed by atoms with Crippen LogP contribution in [0.1, 0.15) is 29.3 Å². The topological polar surface area (TPSA) is 17.1 Å². The number of ketones is 1. The maximum atomic E-state index is 11.3. The minimum Gasteiger partial charge on any atom is -0.294 e. The quantitative estimate of drug-likeness (QED) is 0.598. The predicted octanol–water partition coefficient (Wildman–Crippen LogP) is 3.19. The molecular weight excluding hydrogens is 263 g/mol. The zero-order chi connectivity index (χ0) is 9.14. The van der Waals surface area contributed by atoms with Gasteiger partial charge < -0.3 is 0 Å². The second-order valence-corrected chi connectivity index (χ2v) is 3.90. The molecule has 1 rings (SSSR count). The van der Waals surface area contributed by atoms with Crippen LogP contribution in [-0.2, 0) is 0 Å². The van der Waals surface area contributed by atoms with E-state index >= 15 is 0 Å². The van der Waals surface area contributed by atoms with E-state index in [-0.39, 0.29) is 5.78 Å². The lowest BCUT2D eigenvalue weighted by Crippen LogP contribution is -1.97. The average molecular weight is 274 g/mol. The van der Waals surface area contributed by atoms with Crippen molar-refractivity contribution in [3.63, 3.8) is 0 Å². The average Bonchev–Trinajstić information content (AvgIpc) is 2.08. The van der Waals surface area contributed by atoms with Gasteiger partial charge in [0, 0.05) is 15.6 Å². The zero-order valence-corrected chi connectivity index (χ0v) is 9.38. The highest BCUT2D eigenvalue weighted by atomic mass is 127. The minimum absolute atomic E-state index is 0.217. The van der Waals surface area contributed by atoms with Crippen LogP contribution in [0.3, 0.4) is 0 Å². The lowest BCUT2D eigenvalue weighted by molar-refractivity contribution is 0.0988. The Morgan fingerprint density at radius 2 is 2.17 bits per heavy atom. The molecule has 0 aromatic heterocycles. The van der Waals surface area contributed by atoms with Crippen molar-refractivity contribution >= 4 is 28.4 Å². The number of aryl methyl sites for hydroxylation is 1. The molecule has 0 heterocycles. The van der Waals surface area contributed by atoms with Gasteiger partial charge in [-0.2, -0.15) is 0 Å². The maximum absolute atomic E-state index is 11.3. The monoisotopic (exact) mass is 274 g/mol. The van der Waals surface area contributed by atoms with E-state index in [0.29, 0.717) is 6.42 Å². The highest BCUT2D eigenvalue weighted by molar-refractivity contribution is 14.1. The van der Waals surface area contributed by atoms with Gasteiger partial charge in [-0.1, -0.05) is 13.0 Å². The van der Waals surface area contributed by atoms with Crippen molar-refractivity contribution in [3.8, 4) is 0 Å².